The predicted molar refractivity (Wildman–Crippen MR) is 98.0 cm³/mol. The second kappa shape index (κ2) is 5.71. The van der Waals surface area contributed by atoms with Crippen LogP contribution in [-0.2, 0) is 15.4 Å². The Bertz CT molecular complexity index is 888. The Kier molecular flexibility index (Phi) is 3.81. The number of benzene rings is 1. The predicted octanol–water partition coefficient (Wildman–Crippen LogP) is 2.81. The van der Waals surface area contributed by atoms with Gasteiger partial charge in [0.05, 0.1) is 28.0 Å². The summed E-state index contributed by atoms with van der Waals surface area (Å²) in [6.45, 7) is 0. The van der Waals surface area contributed by atoms with Gasteiger partial charge in [-0.3, -0.25) is 9.52 Å². The van der Waals surface area contributed by atoms with Gasteiger partial charge >= 0.3 is 0 Å². The molecule has 4 fully saturated rings. The number of anilines is 1. The minimum atomic E-state index is -3.51. The van der Waals surface area contributed by atoms with E-state index in [-0.39, 0.29) is 21.6 Å². The largest absolute Gasteiger partial charge is 0.366 e. The van der Waals surface area contributed by atoms with Gasteiger partial charge in [-0.1, -0.05) is 12.1 Å². The van der Waals surface area contributed by atoms with Gasteiger partial charge in [-0.25, -0.2) is 8.42 Å². The van der Waals surface area contributed by atoms with Gasteiger partial charge in [-0.05, 0) is 68.4 Å². The summed E-state index contributed by atoms with van der Waals surface area (Å²) in [7, 11) is -3.51. The maximum atomic E-state index is 12.6. The number of nitrogens with two attached hydrogens (primary N) is 1. The second-order valence-electron chi connectivity index (χ2n) is 8.11. The fraction of sp³-hybridized carbons (Fsp3) is 0.579. The van der Waals surface area contributed by atoms with E-state index in [9.17, 15) is 18.5 Å². The summed E-state index contributed by atoms with van der Waals surface area (Å²) in [6, 6.07) is 7.77. The molecule has 3 N–H and O–H groups in total. The standard InChI is InChI=1S/C19H23N3O3S/c20-12-18-6-9-19(10-7-18,11-8-18)15-3-1-2-14(17(21)23)16(15)22-26(24,25)13-4-5-13/h1-3,13,22H,4-11H2,(H2,21,23). The van der Waals surface area contributed by atoms with Gasteiger partial charge < -0.3 is 5.73 Å². The topological polar surface area (TPSA) is 113 Å². The molecule has 0 saturated heterocycles. The highest BCUT2D eigenvalue weighted by molar-refractivity contribution is 7.93. The molecule has 1 aromatic carbocycles. The van der Waals surface area contributed by atoms with Crippen LogP contribution in [0.5, 0.6) is 0 Å². The summed E-state index contributed by atoms with van der Waals surface area (Å²) in [4.78, 5) is 12.0. The van der Waals surface area contributed by atoms with E-state index in [0.717, 1.165) is 44.1 Å². The van der Waals surface area contributed by atoms with E-state index in [4.69, 9.17) is 5.73 Å². The first-order chi connectivity index (χ1) is 12.3. The lowest BCUT2D eigenvalue weighted by Crippen LogP contribution is -2.44. The molecule has 0 atom stereocenters. The molecular formula is C19H23N3O3S. The molecular weight excluding hydrogens is 350 g/mol. The van der Waals surface area contributed by atoms with Crippen molar-refractivity contribution in [3.63, 3.8) is 0 Å². The second-order valence-corrected chi connectivity index (χ2v) is 10.1. The molecule has 0 spiro atoms. The van der Waals surface area contributed by atoms with Crippen LogP contribution < -0.4 is 10.5 Å². The zero-order valence-electron chi connectivity index (χ0n) is 14.6. The van der Waals surface area contributed by atoms with Crippen molar-refractivity contribution < 1.29 is 13.2 Å². The van der Waals surface area contributed by atoms with Crippen LogP contribution in [0.3, 0.4) is 0 Å². The Morgan fingerprint density at radius 2 is 1.77 bits per heavy atom. The summed E-state index contributed by atoms with van der Waals surface area (Å²) < 4.78 is 27.8. The van der Waals surface area contributed by atoms with E-state index in [1.165, 1.54) is 0 Å². The highest BCUT2D eigenvalue weighted by Crippen LogP contribution is 2.58. The van der Waals surface area contributed by atoms with Crippen molar-refractivity contribution in [3.05, 3.63) is 29.3 Å². The third-order valence-corrected chi connectivity index (χ3v) is 8.43. The van der Waals surface area contributed by atoms with Crippen LogP contribution in [0.4, 0.5) is 5.69 Å². The minimum absolute atomic E-state index is 0.189. The number of hydrogen-bond acceptors (Lipinski definition) is 4. The quantitative estimate of drug-likeness (QED) is 0.826. The molecule has 4 aliphatic rings. The van der Waals surface area contributed by atoms with Crippen molar-refractivity contribution in [1.29, 1.82) is 5.26 Å². The average molecular weight is 373 g/mol. The van der Waals surface area contributed by atoms with Crippen LogP contribution in [0.2, 0.25) is 0 Å². The molecule has 1 amide bonds. The van der Waals surface area contributed by atoms with Gasteiger partial charge in [0, 0.05) is 0 Å². The minimum Gasteiger partial charge on any atom is -0.366 e. The van der Waals surface area contributed by atoms with Gasteiger partial charge in [0.1, 0.15) is 0 Å². The zero-order chi connectivity index (χ0) is 18.6. The van der Waals surface area contributed by atoms with Crippen molar-refractivity contribution in [1.82, 2.24) is 0 Å². The molecule has 0 unspecified atom stereocenters. The summed E-state index contributed by atoms with van der Waals surface area (Å²) in [5.41, 5.74) is 6.58. The smallest absolute Gasteiger partial charge is 0.250 e. The summed E-state index contributed by atoms with van der Waals surface area (Å²) in [6.07, 6.45) is 6.26. The Balaban J connectivity index is 1.78. The number of carbonyl (C=O) groups is 1. The number of rotatable bonds is 5. The SMILES string of the molecule is N#CC12CCC(c3cccc(C(N)=O)c3NS(=O)(=O)C3CC3)(CC1)CC2. The van der Waals surface area contributed by atoms with Crippen molar-refractivity contribution in [2.45, 2.75) is 62.0 Å². The summed E-state index contributed by atoms with van der Waals surface area (Å²) in [5.74, 6) is -0.630. The van der Waals surface area contributed by atoms with Crippen LogP contribution in [-0.4, -0.2) is 19.6 Å². The van der Waals surface area contributed by atoms with E-state index >= 15 is 0 Å². The molecule has 138 valence electrons. The van der Waals surface area contributed by atoms with E-state index in [1.54, 1.807) is 12.1 Å². The van der Waals surface area contributed by atoms with E-state index in [0.29, 0.717) is 18.5 Å². The lowest BCUT2D eigenvalue weighted by Gasteiger charge is -2.51. The monoisotopic (exact) mass is 373 g/mol. The van der Waals surface area contributed by atoms with Crippen LogP contribution in [0.25, 0.3) is 0 Å². The van der Waals surface area contributed by atoms with Crippen LogP contribution in [0.15, 0.2) is 18.2 Å². The fourth-order valence-electron chi connectivity index (χ4n) is 4.67. The number of nitriles is 1. The molecule has 5 rings (SSSR count). The van der Waals surface area contributed by atoms with Gasteiger partial charge in [0.25, 0.3) is 5.91 Å². The average Bonchev–Trinajstić information content (AvgIpc) is 3.49. The molecule has 7 heteroatoms. The molecule has 0 heterocycles. The molecule has 2 bridgehead atoms. The van der Waals surface area contributed by atoms with Gasteiger partial charge in [0.15, 0.2) is 0 Å². The normalized spacial score (nSPS) is 30.6. The molecule has 4 aliphatic carbocycles. The molecule has 0 radical (unpaired) electrons. The van der Waals surface area contributed by atoms with Gasteiger partial charge in [-0.15, -0.1) is 0 Å². The Morgan fingerprint density at radius 3 is 2.27 bits per heavy atom. The van der Waals surface area contributed by atoms with Crippen molar-refractivity contribution in [2.75, 3.05) is 4.72 Å². The highest BCUT2D eigenvalue weighted by atomic mass is 32.2. The lowest BCUT2D eigenvalue weighted by atomic mass is 9.52. The van der Waals surface area contributed by atoms with Crippen molar-refractivity contribution in [3.8, 4) is 6.07 Å². The number of nitrogens with one attached hydrogen (secondary N) is 1. The number of primary amides is 1. The number of amides is 1. The van der Waals surface area contributed by atoms with E-state index < -0.39 is 15.9 Å². The molecule has 26 heavy (non-hydrogen) atoms. The maximum Gasteiger partial charge on any atom is 0.250 e. The number of nitrogens with zero attached hydrogens (tertiary/aromatic N) is 1. The third-order valence-electron chi connectivity index (χ3n) is 6.59. The highest BCUT2D eigenvalue weighted by Gasteiger charge is 2.51. The Hall–Kier alpha value is -2.07. The molecule has 4 saturated carbocycles. The van der Waals surface area contributed by atoms with E-state index in [1.807, 2.05) is 6.07 Å². The first-order valence-corrected chi connectivity index (χ1v) is 10.7. The first kappa shape index (κ1) is 17.3. The number of sulfonamides is 1. The van der Waals surface area contributed by atoms with Crippen molar-refractivity contribution >= 4 is 21.6 Å². The van der Waals surface area contributed by atoms with Gasteiger partial charge in [-0.2, -0.15) is 5.26 Å². The van der Waals surface area contributed by atoms with Crippen molar-refractivity contribution in [2.24, 2.45) is 11.1 Å². The molecule has 6 nitrogen and oxygen atoms in total. The number of carbonyl (C=O) groups excluding carboxylic acids is 1. The summed E-state index contributed by atoms with van der Waals surface area (Å²) >= 11 is 0. The zero-order valence-corrected chi connectivity index (χ0v) is 15.4. The first-order valence-electron chi connectivity index (χ1n) is 9.17. The summed E-state index contributed by atoms with van der Waals surface area (Å²) in [5, 5.41) is 9.13. The lowest BCUT2D eigenvalue weighted by molar-refractivity contribution is 0.0852. The number of para-hydroxylation sites is 1. The van der Waals surface area contributed by atoms with Gasteiger partial charge in [0.2, 0.25) is 10.0 Å². The Morgan fingerprint density at radius 1 is 1.15 bits per heavy atom. The third kappa shape index (κ3) is 2.67. The Labute approximate surface area is 153 Å². The molecule has 0 aliphatic heterocycles. The fourth-order valence-corrected chi connectivity index (χ4v) is 6.10. The molecule has 1 aromatic rings. The van der Waals surface area contributed by atoms with Crippen LogP contribution in [0, 0.1) is 16.7 Å². The maximum absolute atomic E-state index is 12.6. The van der Waals surface area contributed by atoms with Crippen LogP contribution in [0.1, 0.15) is 67.3 Å². The van der Waals surface area contributed by atoms with E-state index in [2.05, 4.69) is 10.8 Å². The molecule has 0 aromatic heterocycles. The number of fused-ring (bicyclic) bond motifs is 3. The number of hydrogen-bond donors (Lipinski definition) is 2. The van der Waals surface area contributed by atoms with Crippen LogP contribution >= 0.6 is 0 Å².